The lowest BCUT2D eigenvalue weighted by Gasteiger charge is -2.19. The first-order valence-electron chi connectivity index (χ1n) is 3.87. The Labute approximate surface area is 70.7 Å². The molecule has 0 N–H and O–H groups in total. The van der Waals surface area contributed by atoms with Crippen LogP contribution in [0.4, 0.5) is 12.9 Å². The maximum Gasteiger partial charge on any atom is 0.507 e. The highest BCUT2D eigenvalue weighted by Gasteiger charge is 2.26. The molecule has 0 rings (SSSR count). The largest absolute Gasteiger partial charge is 0.507 e. The van der Waals surface area contributed by atoms with Crippen LogP contribution in [0, 0.1) is 0 Å². The lowest BCUT2D eigenvalue weighted by molar-refractivity contribution is 0.0818. The van der Waals surface area contributed by atoms with E-state index < -0.39 is 19.1 Å². The van der Waals surface area contributed by atoms with Crippen molar-refractivity contribution in [3.8, 4) is 0 Å². The predicted octanol–water partition coefficient (Wildman–Crippen LogP) is 2.74. The molecule has 0 aromatic rings. The molecular formula is C7H13BF3O-. The molecule has 0 bridgehead atoms. The molecule has 0 radical (unpaired) electrons. The molecule has 0 saturated heterocycles. The van der Waals surface area contributed by atoms with Gasteiger partial charge in [-0.2, -0.15) is 0 Å². The summed E-state index contributed by atoms with van der Waals surface area (Å²) >= 11 is 0. The second kappa shape index (κ2) is 4.55. The minimum Gasteiger partial charge on any atom is -0.445 e. The summed E-state index contributed by atoms with van der Waals surface area (Å²) in [5, 5.41) is 0. The summed E-state index contributed by atoms with van der Waals surface area (Å²) in [6.45, 7) is 1.17. The van der Waals surface area contributed by atoms with Crippen LogP contribution in [0.1, 0.15) is 20.3 Å². The maximum absolute atomic E-state index is 11.9. The van der Waals surface area contributed by atoms with E-state index in [0.29, 0.717) is 6.42 Å². The molecule has 1 nitrogen and oxygen atoms in total. The Morgan fingerprint density at radius 2 is 2.00 bits per heavy atom. The summed E-state index contributed by atoms with van der Waals surface area (Å²) in [5.74, 6) is 0. The molecule has 0 aromatic heterocycles. The highest BCUT2D eigenvalue weighted by molar-refractivity contribution is 6.66. The third kappa shape index (κ3) is 4.44. The van der Waals surface area contributed by atoms with Crippen LogP contribution in [-0.2, 0) is 4.74 Å². The van der Waals surface area contributed by atoms with Crippen LogP contribution in [0.25, 0.3) is 0 Å². The SMILES string of the molecule is C=C(COC(C)CC)[B-](F)(F)F. The Kier molecular flexibility index (Phi) is 4.38. The normalized spacial score (nSPS) is 14.4. The average Bonchev–Trinajstić information content (AvgIpc) is 1.97. The summed E-state index contributed by atoms with van der Waals surface area (Å²) in [4.78, 5) is 0. The van der Waals surface area contributed by atoms with Crippen LogP contribution in [-0.4, -0.2) is 19.7 Å². The highest BCUT2D eigenvalue weighted by atomic mass is 19.4. The first-order chi connectivity index (χ1) is 5.38. The van der Waals surface area contributed by atoms with Crippen molar-refractivity contribution in [2.45, 2.75) is 26.4 Å². The first kappa shape index (κ1) is 11.6. The van der Waals surface area contributed by atoms with Crippen LogP contribution < -0.4 is 0 Å². The molecule has 0 aliphatic rings. The molecule has 0 aliphatic carbocycles. The molecule has 5 heteroatoms. The van der Waals surface area contributed by atoms with Gasteiger partial charge in [0, 0.05) is 6.61 Å². The van der Waals surface area contributed by atoms with Gasteiger partial charge in [0.25, 0.3) is 0 Å². The van der Waals surface area contributed by atoms with Gasteiger partial charge in [-0.3, -0.25) is 0 Å². The van der Waals surface area contributed by atoms with Gasteiger partial charge in [-0.05, 0) is 13.3 Å². The van der Waals surface area contributed by atoms with Gasteiger partial charge in [-0.25, -0.2) is 0 Å². The number of halogens is 3. The van der Waals surface area contributed by atoms with E-state index in [2.05, 4.69) is 6.58 Å². The molecule has 12 heavy (non-hydrogen) atoms. The Balaban J connectivity index is 3.73. The topological polar surface area (TPSA) is 9.23 Å². The zero-order chi connectivity index (χ0) is 9.78. The standard InChI is InChI=1S/C7H13BF3O/c1-4-7(3)12-5-6(2)8(9,10)11/h7H,2,4-5H2,1,3H3/q-1. The van der Waals surface area contributed by atoms with Crippen molar-refractivity contribution in [2.24, 2.45) is 0 Å². The van der Waals surface area contributed by atoms with Gasteiger partial charge in [-0.1, -0.05) is 6.92 Å². The van der Waals surface area contributed by atoms with E-state index in [-0.39, 0.29) is 6.10 Å². The van der Waals surface area contributed by atoms with Crippen LogP contribution in [0.5, 0.6) is 0 Å². The fourth-order valence-electron chi connectivity index (χ4n) is 0.462. The highest BCUT2D eigenvalue weighted by Crippen LogP contribution is 2.18. The molecule has 0 saturated carbocycles. The van der Waals surface area contributed by atoms with Crippen molar-refractivity contribution in [3.05, 3.63) is 12.1 Å². The fraction of sp³-hybridized carbons (Fsp3) is 0.714. The first-order valence-corrected chi connectivity index (χ1v) is 3.87. The summed E-state index contributed by atoms with van der Waals surface area (Å²) < 4.78 is 40.5. The molecule has 0 fully saturated rings. The molecule has 0 aliphatic heterocycles. The monoisotopic (exact) mass is 181 g/mol. The molecule has 1 unspecified atom stereocenters. The molecule has 0 aromatic carbocycles. The molecule has 0 amide bonds. The third-order valence-electron chi connectivity index (χ3n) is 1.59. The van der Waals surface area contributed by atoms with Gasteiger partial charge in [-0.15, -0.1) is 12.1 Å². The lowest BCUT2D eigenvalue weighted by atomic mass is 9.81. The maximum atomic E-state index is 11.9. The van der Waals surface area contributed by atoms with Crippen LogP contribution >= 0.6 is 0 Å². The molecule has 72 valence electrons. The number of hydrogen-bond donors (Lipinski definition) is 0. The molecule has 0 heterocycles. The minimum absolute atomic E-state index is 0.139. The summed E-state index contributed by atoms with van der Waals surface area (Å²) in [7, 11) is 0. The van der Waals surface area contributed by atoms with Gasteiger partial charge >= 0.3 is 6.98 Å². The van der Waals surface area contributed by atoms with Gasteiger partial charge < -0.3 is 17.7 Å². The van der Waals surface area contributed by atoms with Gasteiger partial charge in [0.1, 0.15) is 0 Å². The number of hydrogen-bond acceptors (Lipinski definition) is 1. The third-order valence-corrected chi connectivity index (χ3v) is 1.59. The van der Waals surface area contributed by atoms with Crippen molar-refractivity contribution in [3.63, 3.8) is 0 Å². The van der Waals surface area contributed by atoms with Crippen molar-refractivity contribution in [1.29, 1.82) is 0 Å². The van der Waals surface area contributed by atoms with Gasteiger partial charge in [0.2, 0.25) is 0 Å². The zero-order valence-electron chi connectivity index (χ0n) is 7.32. The Bertz CT molecular complexity index is 155. The van der Waals surface area contributed by atoms with E-state index in [1.807, 2.05) is 6.92 Å². The van der Waals surface area contributed by atoms with Crippen LogP contribution in [0.3, 0.4) is 0 Å². The fourth-order valence-corrected chi connectivity index (χ4v) is 0.462. The van der Waals surface area contributed by atoms with Gasteiger partial charge in [0.15, 0.2) is 0 Å². The zero-order valence-corrected chi connectivity index (χ0v) is 7.32. The van der Waals surface area contributed by atoms with Crippen molar-refractivity contribution < 1.29 is 17.7 Å². The summed E-state index contributed by atoms with van der Waals surface area (Å²) in [6, 6.07) is 0. The Hall–Kier alpha value is -0.445. The van der Waals surface area contributed by atoms with Crippen LogP contribution in [0.2, 0.25) is 0 Å². The van der Waals surface area contributed by atoms with E-state index in [4.69, 9.17) is 4.74 Å². The second-order valence-electron chi connectivity index (χ2n) is 2.76. The van der Waals surface area contributed by atoms with E-state index in [0.717, 1.165) is 0 Å². The minimum atomic E-state index is -4.93. The summed E-state index contributed by atoms with van der Waals surface area (Å²) in [6.07, 6.45) is 0.568. The van der Waals surface area contributed by atoms with Crippen LogP contribution in [0.15, 0.2) is 12.1 Å². The van der Waals surface area contributed by atoms with Crippen molar-refractivity contribution in [1.82, 2.24) is 0 Å². The Morgan fingerprint density at radius 1 is 1.50 bits per heavy atom. The van der Waals surface area contributed by atoms with E-state index >= 15 is 0 Å². The Morgan fingerprint density at radius 3 is 2.33 bits per heavy atom. The smallest absolute Gasteiger partial charge is 0.445 e. The molecule has 0 spiro atoms. The number of ether oxygens (including phenoxy) is 1. The summed E-state index contributed by atoms with van der Waals surface area (Å²) in [5.41, 5.74) is -0.768. The van der Waals surface area contributed by atoms with Crippen molar-refractivity contribution in [2.75, 3.05) is 6.61 Å². The molecule has 1 atom stereocenters. The quantitative estimate of drug-likeness (QED) is 0.592. The average molecular weight is 181 g/mol. The van der Waals surface area contributed by atoms with E-state index in [1.165, 1.54) is 0 Å². The lowest BCUT2D eigenvalue weighted by Crippen LogP contribution is -2.24. The number of rotatable bonds is 5. The van der Waals surface area contributed by atoms with E-state index in [1.54, 1.807) is 6.92 Å². The van der Waals surface area contributed by atoms with E-state index in [9.17, 15) is 12.9 Å². The van der Waals surface area contributed by atoms with Gasteiger partial charge in [0.05, 0.1) is 6.10 Å². The van der Waals surface area contributed by atoms with Crippen molar-refractivity contribution >= 4 is 6.98 Å². The molecular weight excluding hydrogens is 168 g/mol. The predicted molar refractivity (Wildman–Crippen MR) is 43.9 cm³/mol. The second-order valence-corrected chi connectivity index (χ2v) is 2.76.